The van der Waals surface area contributed by atoms with Crippen molar-refractivity contribution in [3.05, 3.63) is 11.6 Å². The molecule has 144 valence electrons. The van der Waals surface area contributed by atoms with Gasteiger partial charge in [0.15, 0.2) is 9.39 Å². The first kappa shape index (κ1) is 19.8. The molecule has 4 aliphatic carbocycles. The highest BCUT2D eigenvalue weighted by atomic mass is 127. The number of aliphatic hydroxyl groups excluding tert-OH is 1. The Balaban J connectivity index is 1.81. The lowest BCUT2D eigenvalue weighted by molar-refractivity contribution is -0.143. The van der Waals surface area contributed by atoms with Crippen molar-refractivity contribution in [3.8, 4) is 0 Å². The Labute approximate surface area is 181 Å². The van der Waals surface area contributed by atoms with Crippen molar-refractivity contribution in [1.29, 1.82) is 0 Å². The summed E-state index contributed by atoms with van der Waals surface area (Å²) in [7, 11) is 0. The quantitative estimate of drug-likeness (QED) is 0.385. The maximum atomic E-state index is 12.6. The van der Waals surface area contributed by atoms with Gasteiger partial charge in [-0.25, -0.2) is 0 Å². The summed E-state index contributed by atoms with van der Waals surface area (Å²) in [5.41, 5.74) is 0.312. The highest BCUT2D eigenvalue weighted by Gasteiger charge is 2.64. The predicted octanol–water partition coefficient (Wildman–Crippen LogP) is 3.60. The van der Waals surface area contributed by atoms with Gasteiger partial charge in [0, 0.05) is 28.1 Å². The average Bonchev–Trinajstić information content (AvgIpc) is 2.90. The van der Waals surface area contributed by atoms with Crippen molar-refractivity contribution in [3.63, 3.8) is 0 Å². The maximum absolute atomic E-state index is 12.6. The Morgan fingerprint density at radius 1 is 1.23 bits per heavy atom. The molecule has 0 aliphatic heterocycles. The molecule has 0 aromatic rings. The molecular weight excluding hydrogens is 558 g/mol. The summed E-state index contributed by atoms with van der Waals surface area (Å²) in [4.78, 5) is 25.0. The fourth-order valence-electron chi connectivity index (χ4n) is 6.81. The van der Waals surface area contributed by atoms with E-state index in [4.69, 9.17) is 0 Å². The van der Waals surface area contributed by atoms with E-state index in [9.17, 15) is 19.8 Å². The van der Waals surface area contributed by atoms with Crippen LogP contribution >= 0.6 is 45.2 Å². The van der Waals surface area contributed by atoms with Gasteiger partial charge in [-0.05, 0) is 78.5 Å². The first-order chi connectivity index (χ1) is 12.2. The van der Waals surface area contributed by atoms with Gasteiger partial charge in [0.05, 0.1) is 6.10 Å². The zero-order chi connectivity index (χ0) is 18.9. The molecule has 26 heavy (non-hydrogen) atoms. The highest BCUT2D eigenvalue weighted by Crippen LogP contribution is 2.66. The third kappa shape index (κ3) is 2.56. The van der Waals surface area contributed by atoms with Crippen molar-refractivity contribution in [1.82, 2.24) is 0 Å². The lowest BCUT2D eigenvalue weighted by Gasteiger charge is -2.60. The Morgan fingerprint density at radius 2 is 1.96 bits per heavy atom. The lowest BCUT2D eigenvalue weighted by atomic mass is 9.45. The molecule has 0 aromatic heterocycles. The smallest absolute Gasteiger partial charge is 0.197 e. The Kier molecular flexibility index (Phi) is 4.93. The van der Waals surface area contributed by atoms with Gasteiger partial charge >= 0.3 is 0 Å². The van der Waals surface area contributed by atoms with Gasteiger partial charge in [-0.15, -0.1) is 0 Å². The fourth-order valence-corrected chi connectivity index (χ4v) is 8.38. The molecule has 0 amide bonds. The largest absolute Gasteiger partial charge is 0.391 e. The second-order valence-electron chi connectivity index (χ2n) is 9.01. The highest BCUT2D eigenvalue weighted by molar-refractivity contribution is 14.1. The van der Waals surface area contributed by atoms with E-state index in [1.165, 1.54) is 0 Å². The second-order valence-corrected chi connectivity index (χ2v) is 11.7. The maximum Gasteiger partial charge on any atom is 0.197 e. The van der Waals surface area contributed by atoms with Gasteiger partial charge in [-0.1, -0.05) is 35.1 Å². The Bertz CT molecular complexity index is 687. The van der Waals surface area contributed by atoms with Crippen molar-refractivity contribution in [2.75, 3.05) is 4.43 Å². The molecule has 4 aliphatic rings. The van der Waals surface area contributed by atoms with Crippen LogP contribution in [0.15, 0.2) is 11.6 Å². The summed E-state index contributed by atoms with van der Waals surface area (Å²) >= 11 is 4.08. The molecule has 7 atom stereocenters. The predicted molar refractivity (Wildman–Crippen MR) is 115 cm³/mol. The normalized spacial score (nSPS) is 49.1. The number of halogens is 2. The van der Waals surface area contributed by atoms with Crippen molar-refractivity contribution >= 4 is 56.7 Å². The molecule has 6 heteroatoms. The molecule has 0 spiro atoms. The van der Waals surface area contributed by atoms with Crippen molar-refractivity contribution < 1.29 is 19.8 Å². The zero-order valence-electron chi connectivity index (χ0n) is 15.0. The number of hydrogen-bond acceptors (Lipinski definition) is 4. The monoisotopic (exact) mass is 584 g/mol. The molecule has 0 bridgehead atoms. The van der Waals surface area contributed by atoms with E-state index in [2.05, 4.69) is 29.5 Å². The minimum atomic E-state index is -1.44. The van der Waals surface area contributed by atoms with E-state index >= 15 is 0 Å². The summed E-state index contributed by atoms with van der Waals surface area (Å²) in [5.74, 6) is 1.20. The van der Waals surface area contributed by atoms with Gasteiger partial charge in [-0.3, -0.25) is 9.59 Å². The SMILES string of the molecule is C[C@]12CC[C@H]3[C@@H](CCC4=CC(=O)C(O)(I)CC43C(O)CI)[C@@H]1CCC2=O. The Hall–Kier alpha value is 0.460. The standard InChI is InChI=1S/C20H26I2O4/c1-18-7-6-14-12(13(18)4-5-15(18)23)3-2-11-8-16(24)20(22,26)10-19(11,14)17(25)9-21/h8,12-14,17,25-26H,2-7,9-10H2,1H3/t12-,13-,14-,17?,18-,19?,20?/m0/s1. The third-order valence-corrected chi connectivity index (χ3v) is 9.85. The number of fused-ring (bicyclic) bond motifs is 5. The molecule has 4 rings (SSSR count). The van der Waals surface area contributed by atoms with Crippen molar-refractivity contribution in [2.24, 2.45) is 28.6 Å². The van der Waals surface area contributed by atoms with E-state index in [0.29, 0.717) is 34.9 Å². The number of rotatable bonds is 2. The van der Waals surface area contributed by atoms with E-state index in [-0.39, 0.29) is 17.1 Å². The van der Waals surface area contributed by atoms with Gasteiger partial charge in [0.1, 0.15) is 5.78 Å². The van der Waals surface area contributed by atoms with Crippen LogP contribution in [0.4, 0.5) is 0 Å². The number of aliphatic hydroxyl groups is 2. The number of ketones is 2. The van der Waals surface area contributed by atoms with Crippen LogP contribution in [-0.2, 0) is 9.59 Å². The summed E-state index contributed by atoms with van der Waals surface area (Å²) < 4.78 is -0.859. The molecule has 3 fully saturated rings. The van der Waals surface area contributed by atoms with Crippen LogP contribution < -0.4 is 0 Å². The van der Waals surface area contributed by atoms with Crippen LogP contribution in [0.3, 0.4) is 0 Å². The number of Topliss-reactive ketones (excluding diaryl/α,β-unsaturated/α-hetero) is 1. The fraction of sp³-hybridized carbons (Fsp3) is 0.800. The lowest BCUT2D eigenvalue weighted by Crippen LogP contribution is -2.59. The van der Waals surface area contributed by atoms with E-state index in [1.807, 2.05) is 22.6 Å². The summed E-state index contributed by atoms with van der Waals surface area (Å²) in [6.45, 7) is 2.15. The minimum Gasteiger partial charge on any atom is -0.391 e. The van der Waals surface area contributed by atoms with Gasteiger partial charge in [0.25, 0.3) is 0 Å². The topological polar surface area (TPSA) is 74.6 Å². The van der Waals surface area contributed by atoms with E-state index in [0.717, 1.165) is 37.7 Å². The molecular formula is C20H26I2O4. The first-order valence-corrected chi connectivity index (χ1v) is 12.2. The molecule has 2 N–H and O–H groups in total. The molecule has 0 saturated heterocycles. The number of carbonyl (C=O) groups excluding carboxylic acids is 2. The van der Waals surface area contributed by atoms with Crippen LogP contribution in [0.2, 0.25) is 0 Å². The van der Waals surface area contributed by atoms with E-state index in [1.54, 1.807) is 6.08 Å². The summed E-state index contributed by atoms with van der Waals surface area (Å²) in [6.07, 6.45) is 6.56. The first-order valence-electron chi connectivity index (χ1n) is 9.61. The van der Waals surface area contributed by atoms with Gasteiger partial charge in [0.2, 0.25) is 0 Å². The van der Waals surface area contributed by atoms with Crippen LogP contribution in [0, 0.1) is 28.6 Å². The number of alkyl halides is 2. The zero-order valence-corrected chi connectivity index (χ0v) is 19.3. The van der Waals surface area contributed by atoms with Crippen LogP contribution in [-0.4, -0.2) is 35.9 Å². The molecule has 0 aromatic carbocycles. The Morgan fingerprint density at radius 3 is 2.65 bits per heavy atom. The van der Waals surface area contributed by atoms with Gasteiger partial charge in [-0.2, -0.15) is 0 Å². The van der Waals surface area contributed by atoms with Crippen molar-refractivity contribution in [2.45, 2.75) is 61.6 Å². The number of carbonyl (C=O) groups is 2. The molecule has 3 unspecified atom stereocenters. The summed E-state index contributed by atoms with van der Waals surface area (Å²) in [6, 6.07) is 0. The molecule has 4 nitrogen and oxygen atoms in total. The molecule has 0 heterocycles. The number of hydrogen-bond donors (Lipinski definition) is 2. The van der Waals surface area contributed by atoms with Crippen LogP contribution in [0.5, 0.6) is 0 Å². The van der Waals surface area contributed by atoms with Crippen LogP contribution in [0.25, 0.3) is 0 Å². The average molecular weight is 584 g/mol. The minimum absolute atomic E-state index is 0.204. The molecule has 3 saturated carbocycles. The molecule has 0 radical (unpaired) electrons. The van der Waals surface area contributed by atoms with Gasteiger partial charge < -0.3 is 10.2 Å². The van der Waals surface area contributed by atoms with Crippen LogP contribution in [0.1, 0.15) is 51.9 Å². The second kappa shape index (κ2) is 6.49. The third-order valence-electron chi connectivity index (χ3n) is 8.10. The summed E-state index contributed by atoms with van der Waals surface area (Å²) in [5, 5.41) is 21.9. The van der Waals surface area contributed by atoms with E-state index < -0.39 is 15.1 Å².